The number of hydrogen-bond acceptors (Lipinski definition) is 6. The number of nitrogens with zero attached hydrogens (tertiary/aromatic N) is 4. The van der Waals surface area contributed by atoms with Crippen LogP contribution >= 0.6 is 0 Å². The van der Waals surface area contributed by atoms with Crippen LogP contribution in [0.5, 0.6) is 11.5 Å². The van der Waals surface area contributed by atoms with Crippen LogP contribution in [-0.4, -0.2) is 40.8 Å². The molecule has 7 nitrogen and oxygen atoms in total. The molecule has 6 rings (SSSR count). The van der Waals surface area contributed by atoms with Gasteiger partial charge in [0.2, 0.25) is 0 Å². The van der Waals surface area contributed by atoms with Crippen molar-refractivity contribution in [1.82, 2.24) is 19.9 Å². The van der Waals surface area contributed by atoms with E-state index in [9.17, 15) is 9.65 Å². The van der Waals surface area contributed by atoms with Crippen LogP contribution in [0.3, 0.4) is 0 Å². The number of ether oxygens (including phenoxy) is 2. The van der Waals surface area contributed by atoms with Gasteiger partial charge in [0, 0.05) is 17.7 Å². The van der Waals surface area contributed by atoms with E-state index in [4.69, 9.17) is 19.4 Å². The molecule has 2 aliphatic heterocycles. The van der Waals surface area contributed by atoms with Crippen LogP contribution in [-0.2, 0) is 6.54 Å². The zero-order valence-electron chi connectivity index (χ0n) is 18.4. The Morgan fingerprint density at radius 3 is 2.74 bits per heavy atom. The number of rotatable bonds is 4. The Morgan fingerprint density at radius 1 is 1.09 bits per heavy atom. The van der Waals surface area contributed by atoms with E-state index in [2.05, 4.69) is 9.88 Å². The summed E-state index contributed by atoms with van der Waals surface area (Å²) in [6.45, 7) is 3.85. The van der Waals surface area contributed by atoms with Gasteiger partial charge in [-0.1, -0.05) is 6.07 Å². The first-order valence-corrected chi connectivity index (χ1v) is 11.4. The van der Waals surface area contributed by atoms with E-state index in [1.54, 1.807) is 6.07 Å². The summed E-state index contributed by atoms with van der Waals surface area (Å²) in [6, 6.07) is 12.2. The standard InChI is InChI=1S/C26H22FN5O2/c27-20-9-17(1-2-19(20)11-28)24-25(18-3-4-22-23(10-18)34-8-7-33-22)30-13-21-26(24)31-15-32(21)14-16-5-6-29-12-16/h1-4,9-10,13,15-16,29H,5-8,12,14H2/t16-/m0/s1. The van der Waals surface area contributed by atoms with Gasteiger partial charge in [0.25, 0.3) is 0 Å². The maximum absolute atomic E-state index is 14.7. The molecule has 2 aromatic heterocycles. The summed E-state index contributed by atoms with van der Waals surface area (Å²) in [5, 5.41) is 12.6. The van der Waals surface area contributed by atoms with Crippen LogP contribution in [0.25, 0.3) is 33.4 Å². The predicted molar refractivity (Wildman–Crippen MR) is 125 cm³/mol. The van der Waals surface area contributed by atoms with Crippen molar-refractivity contribution in [3.8, 4) is 40.0 Å². The Balaban J connectivity index is 1.53. The van der Waals surface area contributed by atoms with Crippen LogP contribution in [0.1, 0.15) is 12.0 Å². The number of fused-ring (bicyclic) bond motifs is 2. The van der Waals surface area contributed by atoms with E-state index in [-0.39, 0.29) is 5.56 Å². The Morgan fingerprint density at radius 2 is 1.94 bits per heavy atom. The van der Waals surface area contributed by atoms with Crippen LogP contribution in [0.2, 0.25) is 0 Å². The number of nitriles is 1. The minimum absolute atomic E-state index is 0.00373. The third-order valence-corrected chi connectivity index (χ3v) is 6.48. The number of hydrogen-bond donors (Lipinski definition) is 1. The van der Waals surface area contributed by atoms with Crippen LogP contribution in [0.15, 0.2) is 48.9 Å². The van der Waals surface area contributed by atoms with Gasteiger partial charge in [-0.25, -0.2) is 9.37 Å². The molecule has 170 valence electrons. The highest BCUT2D eigenvalue weighted by Crippen LogP contribution is 2.40. The van der Waals surface area contributed by atoms with Gasteiger partial charge < -0.3 is 19.4 Å². The molecule has 4 heterocycles. The molecule has 1 N–H and O–H groups in total. The molecular formula is C26H22FN5O2. The third kappa shape index (κ3) is 3.55. The molecule has 0 spiro atoms. The summed E-state index contributed by atoms with van der Waals surface area (Å²) in [5.41, 5.74) is 4.47. The van der Waals surface area contributed by atoms with E-state index in [1.807, 2.05) is 36.8 Å². The molecule has 2 aromatic carbocycles. The quantitative estimate of drug-likeness (QED) is 0.498. The second-order valence-electron chi connectivity index (χ2n) is 8.64. The third-order valence-electron chi connectivity index (χ3n) is 6.48. The predicted octanol–water partition coefficient (Wildman–Crippen LogP) is 4.16. The monoisotopic (exact) mass is 455 g/mol. The van der Waals surface area contributed by atoms with E-state index in [0.29, 0.717) is 41.9 Å². The maximum atomic E-state index is 14.7. The lowest BCUT2D eigenvalue weighted by molar-refractivity contribution is 0.171. The van der Waals surface area contributed by atoms with E-state index >= 15 is 0 Å². The Labute approximate surface area is 195 Å². The maximum Gasteiger partial charge on any atom is 0.162 e. The number of aromatic nitrogens is 3. The van der Waals surface area contributed by atoms with Crippen molar-refractivity contribution in [3.63, 3.8) is 0 Å². The van der Waals surface area contributed by atoms with Crippen molar-refractivity contribution in [3.05, 3.63) is 60.3 Å². The summed E-state index contributed by atoms with van der Waals surface area (Å²) < 4.78 is 28.2. The number of imidazole rings is 1. The topological polar surface area (TPSA) is 85.0 Å². The van der Waals surface area contributed by atoms with Gasteiger partial charge in [-0.05, 0) is 61.3 Å². The van der Waals surface area contributed by atoms with E-state index in [0.717, 1.165) is 48.2 Å². The molecule has 0 amide bonds. The average Bonchev–Trinajstić information content (AvgIpc) is 3.53. The van der Waals surface area contributed by atoms with Gasteiger partial charge >= 0.3 is 0 Å². The lowest BCUT2D eigenvalue weighted by Crippen LogP contribution is -2.15. The SMILES string of the molecule is N#Cc1ccc(-c2c(-c3ccc4c(c3)OCCO4)ncc3c2ncn3C[C@H]2CCNC2)cc1F. The zero-order valence-corrected chi connectivity index (χ0v) is 18.4. The summed E-state index contributed by atoms with van der Waals surface area (Å²) in [5.74, 6) is 1.31. The summed E-state index contributed by atoms with van der Waals surface area (Å²) in [4.78, 5) is 9.56. The molecule has 1 saturated heterocycles. The Bertz CT molecular complexity index is 1440. The minimum Gasteiger partial charge on any atom is -0.486 e. The van der Waals surface area contributed by atoms with Crippen molar-refractivity contribution < 1.29 is 13.9 Å². The lowest BCUT2D eigenvalue weighted by atomic mass is 9.96. The molecule has 0 aliphatic carbocycles. The average molecular weight is 455 g/mol. The van der Waals surface area contributed by atoms with Gasteiger partial charge in [0.05, 0.1) is 29.3 Å². The largest absolute Gasteiger partial charge is 0.486 e. The van der Waals surface area contributed by atoms with Gasteiger partial charge in [0.1, 0.15) is 30.6 Å². The summed E-state index contributed by atoms with van der Waals surface area (Å²) in [6.07, 6.45) is 4.79. The zero-order chi connectivity index (χ0) is 23.1. The van der Waals surface area contributed by atoms with E-state index in [1.165, 1.54) is 12.1 Å². The number of benzene rings is 2. The highest BCUT2D eigenvalue weighted by Gasteiger charge is 2.22. The Kier molecular flexibility index (Phi) is 5.12. The number of pyridine rings is 1. The molecule has 0 radical (unpaired) electrons. The summed E-state index contributed by atoms with van der Waals surface area (Å²) >= 11 is 0. The molecule has 0 saturated carbocycles. The van der Waals surface area contributed by atoms with Crippen molar-refractivity contribution in [2.45, 2.75) is 13.0 Å². The van der Waals surface area contributed by atoms with Gasteiger partial charge in [0.15, 0.2) is 11.5 Å². The highest BCUT2D eigenvalue weighted by atomic mass is 19.1. The van der Waals surface area contributed by atoms with Crippen LogP contribution in [0, 0.1) is 23.1 Å². The normalized spacial score (nSPS) is 17.1. The molecule has 0 bridgehead atoms. The van der Waals surface area contributed by atoms with Crippen LogP contribution < -0.4 is 14.8 Å². The summed E-state index contributed by atoms with van der Waals surface area (Å²) in [7, 11) is 0. The molecule has 1 atom stereocenters. The van der Waals surface area contributed by atoms with Crippen molar-refractivity contribution >= 4 is 11.0 Å². The molecule has 34 heavy (non-hydrogen) atoms. The number of halogens is 1. The first-order chi connectivity index (χ1) is 16.7. The highest BCUT2D eigenvalue weighted by molar-refractivity contribution is 5.99. The second-order valence-corrected chi connectivity index (χ2v) is 8.64. The molecule has 2 aliphatic rings. The lowest BCUT2D eigenvalue weighted by Gasteiger charge is -2.19. The minimum atomic E-state index is -0.568. The fraction of sp³-hybridized carbons (Fsp3) is 0.269. The number of nitrogens with one attached hydrogen (secondary N) is 1. The van der Waals surface area contributed by atoms with Crippen molar-refractivity contribution in [2.24, 2.45) is 5.92 Å². The van der Waals surface area contributed by atoms with Crippen molar-refractivity contribution in [2.75, 3.05) is 26.3 Å². The van der Waals surface area contributed by atoms with Gasteiger partial charge in [-0.3, -0.25) is 4.98 Å². The Hall–Kier alpha value is -3.96. The second kappa shape index (κ2) is 8.43. The van der Waals surface area contributed by atoms with Gasteiger partial charge in [-0.2, -0.15) is 5.26 Å². The smallest absolute Gasteiger partial charge is 0.162 e. The van der Waals surface area contributed by atoms with Crippen molar-refractivity contribution in [1.29, 1.82) is 5.26 Å². The molecular weight excluding hydrogens is 433 g/mol. The first-order valence-electron chi connectivity index (χ1n) is 11.4. The molecule has 4 aromatic rings. The van der Waals surface area contributed by atoms with Crippen LogP contribution in [0.4, 0.5) is 4.39 Å². The fourth-order valence-electron chi connectivity index (χ4n) is 4.76. The molecule has 1 fully saturated rings. The molecule has 8 heteroatoms. The fourth-order valence-corrected chi connectivity index (χ4v) is 4.76. The molecule has 0 unspecified atom stereocenters. The van der Waals surface area contributed by atoms with E-state index < -0.39 is 5.82 Å². The first kappa shape index (κ1) is 20.6. The van der Waals surface area contributed by atoms with Gasteiger partial charge in [-0.15, -0.1) is 0 Å².